The predicted octanol–water partition coefficient (Wildman–Crippen LogP) is 3.56. The maximum absolute atomic E-state index is 11.6. The van der Waals surface area contributed by atoms with Crippen LogP contribution in [0.3, 0.4) is 0 Å². The molecule has 0 unspecified atom stereocenters. The molecule has 0 fully saturated rings. The SMILES string of the molecule is CCC(=O)c1cccc(Oc2cccc(CO)c2)c1. The van der Waals surface area contributed by atoms with E-state index in [2.05, 4.69) is 0 Å². The summed E-state index contributed by atoms with van der Waals surface area (Å²) >= 11 is 0. The first-order valence-electron chi connectivity index (χ1n) is 6.24. The van der Waals surface area contributed by atoms with Crippen molar-refractivity contribution in [3.05, 3.63) is 59.7 Å². The first kappa shape index (κ1) is 13.3. The van der Waals surface area contributed by atoms with Gasteiger partial charge < -0.3 is 9.84 Å². The third kappa shape index (κ3) is 3.42. The van der Waals surface area contributed by atoms with E-state index < -0.39 is 0 Å². The molecule has 3 heteroatoms. The molecule has 0 aromatic heterocycles. The fraction of sp³-hybridized carbons (Fsp3) is 0.188. The zero-order valence-corrected chi connectivity index (χ0v) is 10.8. The lowest BCUT2D eigenvalue weighted by molar-refractivity contribution is 0.0988. The van der Waals surface area contributed by atoms with Gasteiger partial charge in [0.2, 0.25) is 0 Å². The number of benzene rings is 2. The Labute approximate surface area is 112 Å². The van der Waals surface area contributed by atoms with Crippen LogP contribution in [0, 0.1) is 0 Å². The second kappa shape index (κ2) is 6.16. The molecular weight excluding hydrogens is 240 g/mol. The molecule has 0 amide bonds. The highest BCUT2D eigenvalue weighted by Crippen LogP contribution is 2.23. The van der Waals surface area contributed by atoms with Crippen LogP contribution in [-0.4, -0.2) is 10.9 Å². The smallest absolute Gasteiger partial charge is 0.162 e. The van der Waals surface area contributed by atoms with E-state index in [1.807, 2.05) is 25.1 Å². The van der Waals surface area contributed by atoms with Gasteiger partial charge in [0.25, 0.3) is 0 Å². The standard InChI is InChI=1S/C16H16O3/c1-2-16(18)13-6-4-8-15(10-13)19-14-7-3-5-12(9-14)11-17/h3-10,17H,2,11H2,1H3. The van der Waals surface area contributed by atoms with Gasteiger partial charge in [0.1, 0.15) is 11.5 Å². The lowest BCUT2D eigenvalue weighted by Gasteiger charge is -2.08. The Morgan fingerprint density at radius 3 is 2.47 bits per heavy atom. The number of rotatable bonds is 5. The number of ketones is 1. The zero-order chi connectivity index (χ0) is 13.7. The molecule has 0 aliphatic rings. The molecule has 2 rings (SSSR count). The van der Waals surface area contributed by atoms with Gasteiger partial charge in [0.15, 0.2) is 5.78 Å². The lowest BCUT2D eigenvalue weighted by Crippen LogP contribution is -1.96. The van der Waals surface area contributed by atoms with Gasteiger partial charge in [-0.05, 0) is 29.8 Å². The summed E-state index contributed by atoms with van der Waals surface area (Å²) < 4.78 is 5.69. The summed E-state index contributed by atoms with van der Waals surface area (Å²) in [6, 6.07) is 14.3. The van der Waals surface area contributed by atoms with Gasteiger partial charge in [-0.1, -0.05) is 31.2 Å². The van der Waals surface area contributed by atoms with Crippen LogP contribution in [0.5, 0.6) is 11.5 Å². The van der Waals surface area contributed by atoms with Crippen molar-refractivity contribution >= 4 is 5.78 Å². The summed E-state index contributed by atoms with van der Waals surface area (Å²) in [7, 11) is 0. The normalized spacial score (nSPS) is 10.2. The van der Waals surface area contributed by atoms with Crippen molar-refractivity contribution in [3.8, 4) is 11.5 Å². The minimum Gasteiger partial charge on any atom is -0.457 e. The first-order chi connectivity index (χ1) is 9.22. The maximum atomic E-state index is 11.6. The van der Waals surface area contributed by atoms with E-state index >= 15 is 0 Å². The molecule has 0 saturated carbocycles. The van der Waals surface area contributed by atoms with Crippen LogP contribution in [-0.2, 0) is 6.61 Å². The Balaban J connectivity index is 2.20. The van der Waals surface area contributed by atoms with E-state index in [0.29, 0.717) is 23.5 Å². The number of ether oxygens (including phenoxy) is 1. The van der Waals surface area contributed by atoms with Gasteiger partial charge >= 0.3 is 0 Å². The highest BCUT2D eigenvalue weighted by molar-refractivity contribution is 5.96. The summed E-state index contributed by atoms with van der Waals surface area (Å²) in [4.78, 5) is 11.6. The molecule has 0 radical (unpaired) electrons. The summed E-state index contributed by atoms with van der Waals surface area (Å²) in [6.45, 7) is 1.81. The fourth-order valence-corrected chi connectivity index (χ4v) is 1.78. The molecule has 0 aliphatic heterocycles. The molecule has 2 aromatic rings. The van der Waals surface area contributed by atoms with Crippen molar-refractivity contribution in [1.29, 1.82) is 0 Å². The average molecular weight is 256 g/mol. The van der Waals surface area contributed by atoms with E-state index in [1.165, 1.54) is 0 Å². The van der Waals surface area contributed by atoms with E-state index in [4.69, 9.17) is 9.84 Å². The summed E-state index contributed by atoms with van der Waals surface area (Å²) in [6.07, 6.45) is 0.476. The van der Waals surface area contributed by atoms with Crippen LogP contribution >= 0.6 is 0 Å². The van der Waals surface area contributed by atoms with E-state index in [1.54, 1.807) is 30.3 Å². The van der Waals surface area contributed by atoms with Gasteiger partial charge in [-0.25, -0.2) is 0 Å². The van der Waals surface area contributed by atoms with Gasteiger partial charge in [-0.2, -0.15) is 0 Å². The van der Waals surface area contributed by atoms with Gasteiger partial charge in [0, 0.05) is 12.0 Å². The summed E-state index contributed by atoms with van der Waals surface area (Å²) in [5.74, 6) is 1.36. The predicted molar refractivity (Wildman–Crippen MR) is 73.5 cm³/mol. The molecule has 0 atom stereocenters. The molecule has 3 nitrogen and oxygen atoms in total. The zero-order valence-electron chi connectivity index (χ0n) is 10.8. The Bertz CT molecular complexity index is 576. The number of aliphatic hydroxyl groups is 1. The molecular formula is C16H16O3. The molecule has 0 aliphatic carbocycles. The highest BCUT2D eigenvalue weighted by Gasteiger charge is 2.05. The van der Waals surface area contributed by atoms with Crippen LogP contribution in [0.15, 0.2) is 48.5 Å². The molecule has 2 aromatic carbocycles. The van der Waals surface area contributed by atoms with Gasteiger partial charge in [-0.15, -0.1) is 0 Å². The molecule has 98 valence electrons. The van der Waals surface area contributed by atoms with Crippen molar-refractivity contribution < 1.29 is 14.6 Å². The van der Waals surface area contributed by atoms with Crippen molar-refractivity contribution in [3.63, 3.8) is 0 Å². The Hall–Kier alpha value is -2.13. The second-order valence-corrected chi connectivity index (χ2v) is 4.21. The highest BCUT2D eigenvalue weighted by atomic mass is 16.5. The van der Waals surface area contributed by atoms with Crippen LogP contribution in [0.1, 0.15) is 29.3 Å². The number of carbonyl (C=O) groups is 1. The minimum absolute atomic E-state index is 0.0223. The average Bonchev–Trinajstić information content (AvgIpc) is 2.47. The number of aliphatic hydroxyl groups excluding tert-OH is 1. The van der Waals surface area contributed by atoms with Crippen molar-refractivity contribution in [1.82, 2.24) is 0 Å². The number of carbonyl (C=O) groups excluding carboxylic acids is 1. The van der Waals surface area contributed by atoms with Crippen LogP contribution in [0.25, 0.3) is 0 Å². The van der Waals surface area contributed by atoms with E-state index in [-0.39, 0.29) is 12.4 Å². The van der Waals surface area contributed by atoms with Crippen molar-refractivity contribution in [2.75, 3.05) is 0 Å². The van der Waals surface area contributed by atoms with Crippen LogP contribution in [0.4, 0.5) is 0 Å². The first-order valence-corrected chi connectivity index (χ1v) is 6.24. The lowest BCUT2D eigenvalue weighted by atomic mass is 10.1. The Morgan fingerprint density at radius 1 is 1.11 bits per heavy atom. The molecule has 0 heterocycles. The van der Waals surface area contributed by atoms with Crippen LogP contribution < -0.4 is 4.74 Å². The minimum atomic E-state index is -0.0223. The number of Topliss-reactive ketones (excluding diaryl/α,β-unsaturated/α-hetero) is 1. The van der Waals surface area contributed by atoms with Gasteiger partial charge in [0.05, 0.1) is 6.61 Å². The molecule has 0 spiro atoms. The molecule has 19 heavy (non-hydrogen) atoms. The maximum Gasteiger partial charge on any atom is 0.162 e. The summed E-state index contributed by atoms with van der Waals surface area (Å²) in [5.41, 5.74) is 1.44. The van der Waals surface area contributed by atoms with E-state index in [9.17, 15) is 4.79 Å². The topological polar surface area (TPSA) is 46.5 Å². The Morgan fingerprint density at radius 2 is 1.79 bits per heavy atom. The fourth-order valence-electron chi connectivity index (χ4n) is 1.78. The molecule has 0 saturated heterocycles. The second-order valence-electron chi connectivity index (χ2n) is 4.21. The largest absolute Gasteiger partial charge is 0.457 e. The number of hydrogen-bond acceptors (Lipinski definition) is 3. The third-order valence-corrected chi connectivity index (χ3v) is 2.79. The monoisotopic (exact) mass is 256 g/mol. The summed E-state index contributed by atoms with van der Waals surface area (Å²) in [5, 5.41) is 9.08. The van der Waals surface area contributed by atoms with Gasteiger partial charge in [-0.3, -0.25) is 4.79 Å². The molecule has 0 bridgehead atoms. The van der Waals surface area contributed by atoms with Crippen LogP contribution in [0.2, 0.25) is 0 Å². The Kier molecular flexibility index (Phi) is 4.31. The van der Waals surface area contributed by atoms with E-state index in [0.717, 1.165) is 5.56 Å². The third-order valence-electron chi connectivity index (χ3n) is 2.79. The van der Waals surface area contributed by atoms with Crippen molar-refractivity contribution in [2.24, 2.45) is 0 Å². The van der Waals surface area contributed by atoms with Crippen molar-refractivity contribution in [2.45, 2.75) is 20.0 Å². The number of hydrogen-bond donors (Lipinski definition) is 1. The molecule has 1 N–H and O–H groups in total. The quantitative estimate of drug-likeness (QED) is 0.832.